The Morgan fingerprint density at radius 1 is 1.47 bits per heavy atom. The van der Waals surface area contributed by atoms with Crippen LogP contribution in [0.15, 0.2) is 34.3 Å². The molecule has 2 aromatic rings. The van der Waals surface area contributed by atoms with Gasteiger partial charge in [-0.1, -0.05) is 18.2 Å². The van der Waals surface area contributed by atoms with Crippen molar-refractivity contribution in [2.75, 3.05) is 0 Å². The molecule has 0 amide bonds. The van der Waals surface area contributed by atoms with Gasteiger partial charge in [0.1, 0.15) is 23.0 Å². The molecule has 0 atom stereocenters. The molecule has 0 fully saturated rings. The first-order chi connectivity index (χ1) is 8.13. The molecule has 4 nitrogen and oxygen atoms in total. The van der Waals surface area contributed by atoms with Crippen LogP contribution in [-0.2, 0) is 4.79 Å². The Balaban J connectivity index is 2.68. The summed E-state index contributed by atoms with van der Waals surface area (Å²) in [4.78, 5) is 10.8. The van der Waals surface area contributed by atoms with E-state index in [9.17, 15) is 4.79 Å². The number of carboxylic acids is 1. The van der Waals surface area contributed by atoms with Crippen LogP contribution in [0, 0.1) is 18.3 Å². The first kappa shape index (κ1) is 11.0. The Morgan fingerprint density at radius 2 is 2.18 bits per heavy atom. The number of hydrogen-bond donors (Lipinski definition) is 1. The number of para-hydroxylation sites is 1. The van der Waals surface area contributed by atoms with Gasteiger partial charge in [-0.25, -0.2) is 4.79 Å². The molecule has 0 bridgehead atoms. The summed E-state index contributed by atoms with van der Waals surface area (Å²) < 4.78 is 5.48. The van der Waals surface area contributed by atoms with E-state index >= 15 is 0 Å². The highest BCUT2D eigenvalue weighted by molar-refractivity contribution is 6.00. The lowest BCUT2D eigenvalue weighted by Gasteiger charge is -1.92. The van der Waals surface area contributed by atoms with Crippen molar-refractivity contribution in [1.29, 1.82) is 5.26 Å². The molecule has 1 aromatic heterocycles. The second-order valence-electron chi connectivity index (χ2n) is 3.54. The number of hydrogen-bond acceptors (Lipinski definition) is 3. The van der Waals surface area contributed by atoms with Gasteiger partial charge in [0.15, 0.2) is 0 Å². The van der Waals surface area contributed by atoms with Crippen molar-refractivity contribution >= 4 is 23.0 Å². The Hall–Kier alpha value is -2.54. The van der Waals surface area contributed by atoms with Crippen LogP contribution in [-0.4, -0.2) is 11.1 Å². The number of aryl methyl sites for hydroxylation is 1. The Bertz CT molecular complexity index is 659. The molecule has 2 rings (SSSR count). The molecular weight excluding hydrogens is 218 g/mol. The van der Waals surface area contributed by atoms with Gasteiger partial charge in [-0.2, -0.15) is 5.26 Å². The fourth-order valence-electron chi connectivity index (χ4n) is 1.65. The van der Waals surface area contributed by atoms with Gasteiger partial charge in [-0.3, -0.25) is 0 Å². The zero-order valence-electron chi connectivity index (χ0n) is 9.10. The molecule has 0 aliphatic carbocycles. The van der Waals surface area contributed by atoms with Crippen LogP contribution in [0.25, 0.3) is 17.0 Å². The average Bonchev–Trinajstić information content (AvgIpc) is 2.61. The highest BCUT2D eigenvalue weighted by atomic mass is 16.4. The van der Waals surface area contributed by atoms with E-state index in [1.54, 1.807) is 19.1 Å². The van der Waals surface area contributed by atoms with Crippen molar-refractivity contribution in [3.63, 3.8) is 0 Å². The van der Waals surface area contributed by atoms with Gasteiger partial charge in [-0.05, 0) is 19.1 Å². The van der Waals surface area contributed by atoms with Crippen LogP contribution in [0.4, 0.5) is 0 Å². The van der Waals surface area contributed by atoms with Crippen LogP contribution in [0.5, 0.6) is 0 Å². The van der Waals surface area contributed by atoms with Gasteiger partial charge in [0.25, 0.3) is 0 Å². The maximum atomic E-state index is 10.8. The molecule has 0 saturated carbocycles. The van der Waals surface area contributed by atoms with Crippen molar-refractivity contribution in [2.24, 2.45) is 0 Å². The van der Waals surface area contributed by atoms with Crippen molar-refractivity contribution < 1.29 is 14.3 Å². The van der Waals surface area contributed by atoms with Crippen molar-refractivity contribution in [3.8, 4) is 6.07 Å². The standard InChI is InChI=1S/C13H9NO3/c1-8-11(6-9(7-14)13(15)16)10-4-2-3-5-12(10)17-8/h2-6H,1H3,(H,15,16)/b9-6-. The molecule has 1 N–H and O–H groups in total. The smallest absolute Gasteiger partial charge is 0.346 e. The molecule has 84 valence electrons. The summed E-state index contributed by atoms with van der Waals surface area (Å²) in [5.74, 6) is -0.641. The molecule has 0 saturated heterocycles. The van der Waals surface area contributed by atoms with Crippen molar-refractivity contribution in [1.82, 2.24) is 0 Å². The lowest BCUT2D eigenvalue weighted by atomic mass is 10.1. The Labute approximate surface area is 97.4 Å². The summed E-state index contributed by atoms with van der Waals surface area (Å²) in [6.07, 6.45) is 1.34. The van der Waals surface area contributed by atoms with Crippen LogP contribution in [0.3, 0.4) is 0 Å². The van der Waals surface area contributed by atoms with E-state index in [0.717, 1.165) is 5.39 Å². The third kappa shape index (κ3) is 1.91. The predicted octanol–water partition coefficient (Wildman–Crippen LogP) is 2.73. The number of carbonyl (C=O) groups is 1. The minimum Gasteiger partial charge on any atom is -0.477 e. The average molecular weight is 227 g/mol. The maximum absolute atomic E-state index is 10.8. The molecule has 0 aliphatic heterocycles. The van der Waals surface area contributed by atoms with E-state index in [1.807, 2.05) is 18.2 Å². The van der Waals surface area contributed by atoms with E-state index in [2.05, 4.69) is 0 Å². The van der Waals surface area contributed by atoms with Gasteiger partial charge in [-0.15, -0.1) is 0 Å². The zero-order valence-corrected chi connectivity index (χ0v) is 9.10. The summed E-state index contributed by atoms with van der Waals surface area (Å²) in [6.45, 7) is 1.74. The SMILES string of the molecule is Cc1oc2ccccc2c1/C=C(/C#N)C(=O)O. The lowest BCUT2D eigenvalue weighted by molar-refractivity contribution is -0.132. The number of nitriles is 1. The third-order valence-corrected chi connectivity index (χ3v) is 2.46. The third-order valence-electron chi connectivity index (χ3n) is 2.46. The molecular formula is C13H9NO3. The number of furan rings is 1. The van der Waals surface area contributed by atoms with Gasteiger partial charge in [0.05, 0.1) is 0 Å². The molecule has 1 heterocycles. The Morgan fingerprint density at radius 3 is 2.82 bits per heavy atom. The number of benzene rings is 1. The molecule has 0 aliphatic rings. The minimum atomic E-state index is -1.24. The second-order valence-corrected chi connectivity index (χ2v) is 3.54. The van der Waals surface area contributed by atoms with Gasteiger partial charge in [0, 0.05) is 10.9 Å². The monoisotopic (exact) mass is 227 g/mol. The summed E-state index contributed by atoms with van der Waals surface area (Å²) in [7, 11) is 0. The highest BCUT2D eigenvalue weighted by Gasteiger charge is 2.12. The number of rotatable bonds is 2. The molecule has 0 spiro atoms. The van der Waals surface area contributed by atoms with Crippen molar-refractivity contribution in [2.45, 2.75) is 6.92 Å². The maximum Gasteiger partial charge on any atom is 0.346 e. The summed E-state index contributed by atoms with van der Waals surface area (Å²) in [6, 6.07) is 8.95. The first-order valence-corrected chi connectivity index (χ1v) is 4.96. The van der Waals surface area contributed by atoms with E-state index in [4.69, 9.17) is 14.8 Å². The number of fused-ring (bicyclic) bond motifs is 1. The van der Waals surface area contributed by atoms with Crippen LogP contribution in [0.1, 0.15) is 11.3 Å². The fraction of sp³-hybridized carbons (Fsp3) is 0.0769. The minimum absolute atomic E-state index is 0.306. The van der Waals surface area contributed by atoms with Crippen LogP contribution < -0.4 is 0 Å². The molecule has 17 heavy (non-hydrogen) atoms. The van der Waals surface area contributed by atoms with Crippen LogP contribution >= 0.6 is 0 Å². The normalized spacial score (nSPS) is 11.4. The van der Waals surface area contributed by atoms with Crippen molar-refractivity contribution in [3.05, 3.63) is 41.2 Å². The van der Waals surface area contributed by atoms with Gasteiger partial charge >= 0.3 is 5.97 Å². The van der Waals surface area contributed by atoms with Crippen LogP contribution in [0.2, 0.25) is 0 Å². The topological polar surface area (TPSA) is 74.2 Å². The molecule has 0 radical (unpaired) electrons. The lowest BCUT2D eigenvalue weighted by Crippen LogP contribution is -1.97. The van der Waals surface area contributed by atoms with E-state index in [-0.39, 0.29) is 5.57 Å². The first-order valence-electron chi connectivity index (χ1n) is 4.96. The summed E-state index contributed by atoms with van der Waals surface area (Å²) in [5, 5.41) is 18.3. The fourth-order valence-corrected chi connectivity index (χ4v) is 1.65. The zero-order chi connectivity index (χ0) is 12.4. The molecule has 0 unspecified atom stereocenters. The van der Waals surface area contributed by atoms with E-state index in [0.29, 0.717) is 16.9 Å². The predicted molar refractivity (Wildman–Crippen MR) is 62.2 cm³/mol. The molecule has 1 aromatic carbocycles. The number of nitrogens with zero attached hydrogens (tertiary/aromatic N) is 1. The number of carboxylic acid groups (broad SMARTS) is 1. The van der Waals surface area contributed by atoms with E-state index < -0.39 is 5.97 Å². The second kappa shape index (κ2) is 4.14. The Kier molecular flexibility index (Phi) is 2.67. The van der Waals surface area contributed by atoms with E-state index in [1.165, 1.54) is 6.08 Å². The highest BCUT2D eigenvalue weighted by Crippen LogP contribution is 2.27. The largest absolute Gasteiger partial charge is 0.477 e. The summed E-state index contributed by atoms with van der Waals surface area (Å²) in [5.41, 5.74) is 1.01. The molecule has 4 heteroatoms. The van der Waals surface area contributed by atoms with Gasteiger partial charge in [0.2, 0.25) is 0 Å². The number of aliphatic carboxylic acids is 1. The van der Waals surface area contributed by atoms with Gasteiger partial charge < -0.3 is 9.52 Å². The summed E-state index contributed by atoms with van der Waals surface area (Å²) >= 11 is 0. The quantitative estimate of drug-likeness (QED) is 0.632.